The highest BCUT2D eigenvalue weighted by molar-refractivity contribution is 5.89. The number of aryl methyl sites for hydroxylation is 1. The number of fused-ring (bicyclic) bond motifs is 1. The van der Waals surface area contributed by atoms with Gasteiger partial charge in [0.15, 0.2) is 5.65 Å². The molecule has 0 saturated carbocycles. The number of alkyl halides is 3. The van der Waals surface area contributed by atoms with E-state index < -0.39 is 29.0 Å². The van der Waals surface area contributed by atoms with Crippen molar-refractivity contribution >= 4 is 28.4 Å². The predicted octanol–water partition coefficient (Wildman–Crippen LogP) is 2.59. The molecular formula is C23H26F3N7O4. The summed E-state index contributed by atoms with van der Waals surface area (Å²) in [5.74, 6) is 0.477. The Balaban J connectivity index is 1.22. The van der Waals surface area contributed by atoms with Gasteiger partial charge in [0, 0.05) is 39.4 Å². The molecule has 2 saturated heterocycles. The molecule has 14 heteroatoms. The molecule has 2 amide bonds. The number of carbonyl (C=O) groups is 1. The predicted molar refractivity (Wildman–Crippen MR) is 128 cm³/mol. The highest BCUT2D eigenvalue weighted by Gasteiger charge is 2.33. The number of aromatic amines is 1. The first kappa shape index (κ1) is 24.9. The van der Waals surface area contributed by atoms with Crippen molar-refractivity contribution in [1.29, 1.82) is 0 Å². The Kier molecular flexibility index (Phi) is 6.43. The highest BCUT2D eigenvalue weighted by Crippen LogP contribution is 2.31. The van der Waals surface area contributed by atoms with Gasteiger partial charge in [-0.05, 0) is 25.0 Å². The summed E-state index contributed by atoms with van der Waals surface area (Å²) < 4.78 is 51.2. The molecule has 3 aromatic rings. The van der Waals surface area contributed by atoms with Crippen molar-refractivity contribution in [3.05, 3.63) is 40.4 Å². The van der Waals surface area contributed by atoms with Gasteiger partial charge in [-0.2, -0.15) is 13.2 Å². The number of rotatable bonds is 5. The molecule has 0 spiro atoms. The number of nitrogens with one attached hydrogen (secondary N) is 2. The van der Waals surface area contributed by atoms with Crippen molar-refractivity contribution in [3.8, 4) is 5.88 Å². The lowest BCUT2D eigenvalue weighted by Gasteiger charge is -2.37. The van der Waals surface area contributed by atoms with E-state index in [-0.39, 0.29) is 12.1 Å². The fraction of sp³-hybridized carbons (Fsp3) is 0.478. The monoisotopic (exact) mass is 521 g/mol. The molecule has 5 heterocycles. The van der Waals surface area contributed by atoms with E-state index in [2.05, 4.69) is 25.4 Å². The van der Waals surface area contributed by atoms with E-state index in [1.54, 1.807) is 13.2 Å². The molecule has 11 nitrogen and oxygen atoms in total. The summed E-state index contributed by atoms with van der Waals surface area (Å²) in [6.07, 6.45) is -0.978. The third-order valence-electron chi connectivity index (χ3n) is 6.70. The van der Waals surface area contributed by atoms with Crippen molar-refractivity contribution in [2.24, 2.45) is 7.05 Å². The molecule has 0 aliphatic carbocycles. The summed E-state index contributed by atoms with van der Waals surface area (Å²) >= 11 is 0. The van der Waals surface area contributed by atoms with Crippen LogP contribution in [0.5, 0.6) is 5.88 Å². The van der Waals surface area contributed by atoms with Gasteiger partial charge >= 0.3 is 12.2 Å². The summed E-state index contributed by atoms with van der Waals surface area (Å²) in [5, 5.41) is 10.2. The van der Waals surface area contributed by atoms with Crippen LogP contribution < -0.4 is 20.5 Å². The van der Waals surface area contributed by atoms with Gasteiger partial charge in [-0.15, -0.1) is 5.10 Å². The fourth-order valence-corrected chi connectivity index (χ4v) is 4.41. The van der Waals surface area contributed by atoms with Gasteiger partial charge in [0.05, 0.1) is 36.0 Å². The average molecular weight is 522 g/mol. The SMILES string of the molecule is CN(C(=O)Nc1cc(C(F)(F)F)cn(C)c1=O)C1CCN(c2cnc3[nH]nc(OC4COC4)c3c2)CC1. The summed E-state index contributed by atoms with van der Waals surface area (Å²) in [6.45, 7) is 2.31. The van der Waals surface area contributed by atoms with Crippen LogP contribution in [0.1, 0.15) is 18.4 Å². The van der Waals surface area contributed by atoms with E-state index >= 15 is 0 Å². The quantitative estimate of drug-likeness (QED) is 0.530. The molecule has 37 heavy (non-hydrogen) atoms. The van der Waals surface area contributed by atoms with E-state index in [1.807, 2.05) is 6.07 Å². The molecule has 198 valence electrons. The van der Waals surface area contributed by atoms with Crippen LogP contribution in [0.4, 0.5) is 29.3 Å². The number of H-pyrrole nitrogens is 1. The first-order valence-corrected chi connectivity index (χ1v) is 11.8. The minimum atomic E-state index is -4.64. The average Bonchev–Trinajstić information content (AvgIpc) is 3.25. The first-order chi connectivity index (χ1) is 17.6. The maximum atomic E-state index is 13.1. The molecule has 2 aliphatic rings. The van der Waals surface area contributed by atoms with E-state index in [9.17, 15) is 22.8 Å². The van der Waals surface area contributed by atoms with Crippen LogP contribution in [-0.4, -0.2) is 76.2 Å². The van der Waals surface area contributed by atoms with Gasteiger partial charge in [0.25, 0.3) is 5.56 Å². The van der Waals surface area contributed by atoms with Gasteiger partial charge in [-0.1, -0.05) is 0 Å². The Morgan fingerprint density at radius 2 is 2.00 bits per heavy atom. The van der Waals surface area contributed by atoms with Crippen LogP contribution in [-0.2, 0) is 18.0 Å². The zero-order valence-electron chi connectivity index (χ0n) is 20.2. The van der Waals surface area contributed by atoms with Gasteiger partial charge in [-0.3, -0.25) is 9.89 Å². The number of ether oxygens (including phenoxy) is 2. The van der Waals surface area contributed by atoms with Crippen molar-refractivity contribution in [2.75, 3.05) is 43.6 Å². The van der Waals surface area contributed by atoms with Crippen LogP contribution in [0.25, 0.3) is 11.0 Å². The zero-order chi connectivity index (χ0) is 26.3. The molecule has 3 aromatic heterocycles. The third kappa shape index (κ3) is 5.05. The summed E-state index contributed by atoms with van der Waals surface area (Å²) in [6, 6.07) is 1.82. The Morgan fingerprint density at radius 1 is 1.27 bits per heavy atom. The number of hydrogen-bond donors (Lipinski definition) is 2. The lowest BCUT2D eigenvalue weighted by atomic mass is 10.0. The van der Waals surface area contributed by atoms with Crippen LogP contribution in [0.2, 0.25) is 0 Å². The smallest absolute Gasteiger partial charge is 0.417 e. The van der Waals surface area contributed by atoms with Gasteiger partial charge in [0.1, 0.15) is 11.8 Å². The Hall–Kier alpha value is -3.81. The number of anilines is 2. The molecule has 0 atom stereocenters. The number of hydrogen-bond acceptors (Lipinski definition) is 7. The van der Waals surface area contributed by atoms with Gasteiger partial charge in [0.2, 0.25) is 5.88 Å². The van der Waals surface area contributed by atoms with Crippen LogP contribution in [0.15, 0.2) is 29.3 Å². The maximum Gasteiger partial charge on any atom is 0.417 e. The van der Waals surface area contributed by atoms with Crippen LogP contribution in [0, 0.1) is 0 Å². The molecule has 0 aromatic carbocycles. The lowest BCUT2D eigenvalue weighted by Crippen LogP contribution is -2.47. The number of carbonyl (C=O) groups excluding carboxylic acids is 1. The van der Waals surface area contributed by atoms with E-state index in [4.69, 9.17) is 9.47 Å². The molecule has 0 unspecified atom stereocenters. The van der Waals surface area contributed by atoms with Crippen molar-refractivity contribution in [1.82, 2.24) is 24.6 Å². The van der Waals surface area contributed by atoms with E-state index in [1.165, 1.54) is 11.9 Å². The number of aromatic nitrogens is 4. The second-order valence-corrected chi connectivity index (χ2v) is 9.21. The van der Waals surface area contributed by atoms with Crippen molar-refractivity contribution in [3.63, 3.8) is 0 Å². The third-order valence-corrected chi connectivity index (χ3v) is 6.70. The number of nitrogens with zero attached hydrogens (tertiary/aromatic N) is 5. The minimum Gasteiger partial charge on any atom is -0.468 e. The molecule has 2 aliphatic heterocycles. The topological polar surface area (TPSA) is 118 Å². The Bertz CT molecular complexity index is 1360. The molecule has 5 rings (SSSR count). The van der Waals surface area contributed by atoms with Crippen molar-refractivity contribution in [2.45, 2.75) is 31.2 Å². The largest absolute Gasteiger partial charge is 0.468 e. The fourth-order valence-electron chi connectivity index (χ4n) is 4.41. The zero-order valence-corrected chi connectivity index (χ0v) is 20.2. The van der Waals surface area contributed by atoms with Crippen LogP contribution >= 0.6 is 0 Å². The minimum absolute atomic E-state index is 0.0243. The molecular weight excluding hydrogens is 495 g/mol. The van der Waals surface area contributed by atoms with E-state index in [0.717, 1.165) is 15.6 Å². The number of pyridine rings is 2. The molecule has 2 fully saturated rings. The summed E-state index contributed by atoms with van der Waals surface area (Å²) in [5.41, 5.74) is -0.649. The summed E-state index contributed by atoms with van der Waals surface area (Å²) in [4.78, 5) is 33.1. The summed E-state index contributed by atoms with van der Waals surface area (Å²) in [7, 11) is 2.78. The first-order valence-electron chi connectivity index (χ1n) is 11.8. The number of halogens is 3. The molecule has 0 bridgehead atoms. The Labute approximate surface area is 209 Å². The van der Waals surface area contributed by atoms with E-state index in [0.29, 0.717) is 62.9 Å². The molecule has 2 N–H and O–H groups in total. The second kappa shape index (κ2) is 9.57. The second-order valence-electron chi connectivity index (χ2n) is 9.21. The maximum absolute atomic E-state index is 13.1. The van der Waals surface area contributed by atoms with Gasteiger partial charge < -0.3 is 29.2 Å². The number of amides is 2. The number of urea groups is 1. The Morgan fingerprint density at radius 3 is 2.65 bits per heavy atom. The van der Waals surface area contributed by atoms with Crippen molar-refractivity contribution < 1.29 is 27.4 Å². The molecule has 0 radical (unpaired) electrons. The normalized spacial score (nSPS) is 17.1. The highest BCUT2D eigenvalue weighted by atomic mass is 19.4. The number of piperidine rings is 1. The lowest BCUT2D eigenvalue weighted by molar-refractivity contribution is -0.138. The standard InChI is InChI=1S/C23H26F3N7O4/c1-31-10-13(23(24,25)26)7-18(21(31)34)28-22(35)32(2)14-3-5-33(6-4-14)15-8-17-19(27-9-15)29-30-20(17)37-16-11-36-12-16/h7-10,14,16H,3-6,11-12H2,1-2H3,(H,28,35)(H,27,29,30). The van der Waals surface area contributed by atoms with Crippen LogP contribution in [0.3, 0.4) is 0 Å². The van der Waals surface area contributed by atoms with Gasteiger partial charge in [-0.25, -0.2) is 9.78 Å².